The van der Waals surface area contributed by atoms with Gasteiger partial charge in [-0.2, -0.15) is 0 Å². The van der Waals surface area contributed by atoms with Gasteiger partial charge in [0.05, 0.1) is 22.9 Å². The van der Waals surface area contributed by atoms with E-state index in [0.717, 1.165) is 0 Å². The van der Waals surface area contributed by atoms with Crippen molar-refractivity contribution in [1.82, 2.24) is 0 Å². The van der Waals surface area contributed by atoms with Gasteiger partial charge in [0.2, 0.25) is 6.61 Å². The van der Waals surface area contributed by atoms with Gasteiger partial charge in [-0.3, -0.25) is 0 Å². The zero-order chi connectivity index (χ0) is 12.7. The van der Waals surface area contributed by atoms with Crippen LogP contribution in [0.3, 0.4) is 0 Å². The van der Waals surface area contributed by atoms with Gasteiger partial charge in [-0.25, -0.2) is 4.79 Å². The molecule has 1 aromatic rings. The molecule has 0 fully saturated rings. The Balaban J connectivity index is 2.51. The van der Waals surface area contributed by atoms with E-state index in [9.17, 15) is 4.79 Å². The predicted molar refractivity (Wildman–Crippen MR) is 66.6 cm³/mol. The number of esters is 1. The van der Waals surface area contributed by atoms with Crippen molar-refractivity contribution in [3.63, 3.8) is 0 Å². The van der Waals surface area contributed by atoms with Crippen LogP contribution in [0.15, 0.2) is 23.4 Å². The molecule has 0 unspecified atom stereocenters. The minimum Gasteiger partial charge on any atom is -0.463 e. The maximum atomic E-state index is 10.9. The van der Waals surface area contributed by atoms with Gasteiger partial charge in [-0.05, 0) is 19.1 Å². The van der Waals surface area contributed by atoms with Gasteiger partial charge < -0.3 is 9.57 Å². The van der Waals surface area contributed by atoms with Crippen molar-refractivity contribution in [2.75, 3.05) is 13.2 Å². The molecule has 0 aliphatic carbocycles. The van der Waals surface area contributed by atoms with E-state index in [1.165, 1.54) is 6.21 Å². The Bertz CT molecular complexity index is 401. The molecular weight excluding hydrogens is 265 g/mol. The molecule has 0 saturated heterocycles. The second-order valence-corrected chi connectivity index (χ2v) is 3.76. The van der Waals surface area contributed by atoms with Gasteiger partial charge in [-0.1, -0.05) is 34.4 Å². The molecule has 0 aromatic heterocycles. The van der Waals surface area contributed by atoms with E-state index in [0.29, 0.717) is 22.2 Å². The highest BCUT2D eigenvalue weighted by molar-refractivity contribution is 6.38. The van der Waals surface area contributed by atoms with Crippen LogP contribution in [0.5, 0.6) is 0 Å². The van der Waals surface area contributed by atoms with Crippen LogP contribution >= 0.6 is 23.2 Å². The molecule has 0 bridgehead atoms. The molecule has 6 heteroatoms. The number of carbonyl (C=O) groups is 1. The van der Waals surface area contributed by atoms with Gasteiger partial charge in [0, 0.05) is 5.56 Å². The van der Waals surface area contributed by atoms with Crippen molar-refractivity contribution >= 4 is 35.4 Å². The summed E-state index contributed by atoms with van der Waals surface area (Å²) >= 11 is 11.8. The molecule has 0 saturated carbocycles. The third-order valence-corrected chi connectivity index (χ3v) is 2.40. The molecule has 0 atom stereocenters. The van der Waals surface area contributed by atoms with Crippen LogP contribution in [0.1, 0.15) is 12.5 Å². The van der Waals surface area contributed by atoms with Crippen LogP contribution in [0.25, 0.3) is 0 Å². The Morgan fingerprint density at radius 2 is 2.06 bits per heavy atom. The van der Waals surface area contributed by atoms with Gasteiger partial charge in [-0.15, -0.1) is 0 Å². The lowest BCUT2D eigenvalue weighted by molar-refractivity contribution is -0.148. The summed E-state index contributed by atoms with van der Waals surface area (Å²) in [5, 5.41) is 4.51. The SMILES string of the molecule is CCOC(=O)CO/N=C/c1c(Cl)cccc1Cl. The summed E-state index contributed by atoms with van der Waals surface area (Å²) in [5.74, 6) is -0.477. The smallest absolute Gasteiger partial charge is 0.347 e. The maximum Gasteiger partial charge on any atom is 0.347 e. The summed E-state index contributed by atoms with van der Waals surface area (Å²) in [4.78, 5) is 15.7. The van der Waals surface area contributed by atoms with Crippen molar-refractivity contribution in [1.29, 1.82) is 0 Å². The van der Waals surface area contributed by atoms with Gasteiger partial charge >= 0.3 is 5.97 Å². The van der Waals surface area contributed by atoms with E-state index in [4.69, 9.17) is 28.0 Å². The first-order valence-electron chi connectivity index (χ1n) is 4.90. The lowest BCUT2D eigenvalue weighted by atomic mass is 10.2. The Kier molecular flexibility index (Phi) is 5.80. The fourth-order valence-electron chi connectivity index (χ4n) is 1.02. The minimum atomic E-state index is -0.477. The number of halogens is 2. The third kappa shape index (κ3) is 4.63. The van der Waals surface area contributed by atoms with E-state index < -0.39 is 5.97 Å². The first-order chi connectivity index (χ1) is 8.15. The zero-order valence-corrected chi connectivity index (χ0v) is 10.7. The van der Waals surface area contributed by atoms with Crippen molar-refractivity contribution in [3.8, 4) is 0 Å². The zero-order valence-electron chi connectivity index (χ0n) is 9.15. The lowest BCUT2D eigenvalue weighted by Gasteiger charge is -2.01. The summed E-state index contributed by atoms with van der Waals surface area (Å²) in [6.07, 6.45) is 1.35. The summed E-state index contributed by atoms with van der Waals surface area (Å²) < 4.78 is 4.65. The molecule has 17 heavy (non-hydrogen) atoms. The lowest BCUT2D eigenvalue weighted by Crippen LogP contribution is -2.10. The van der Waals surface area contributed by atoms with Crippen molar-refractivity contribution in [3.05, 3.63) is 33.8 Å². The molecule has 1 rings (SSSR count). The minimum absolute atomic E-state index is 0.244. The van der Waals surface area contributed by atoms with E-state index in [1.807, 2.05) is 0 Å². The number of hydrogen-bond donors (Lipinski definition) is 0. The van der Waals surface area contributed by atoms with Crippen LogP contribution in [0.2, 0.25) is 10.0 Å². The van der Waals surface area contributed by atoms with E-state index in [1.54, 1.807) is 25.1 Å². The average Bonchev–Trinajstić information content (AvgIpc) is 2.28. The topological polar surface area (TPSA) is 47.9 Å². The maximum absolute atomic E-state index is 10.9. The highest BCUT2D eigenvalue weighted by atomic mass is 35.5. The molecule has 0 N–H and O–H groups in total. The van der Waals surface area contributed by atoms with Crippen molar-refractivity contribution in [2.45, 2.75) is 6.92 Å². The Labute approximate surface area is 109 Å². The second kappa shape index (κ2) is 7.14. The largest absolute Gasteiger partial charge is 0.463 e. The first-order valence-corrected chi connectivity index (χ1v) is 5.65. The monoisotopic (exact) mass is 275 g/mol. The Morgan fingerprint density at radius 1 is 1.41 bits per heavy atom. The van der Waals surface area contributed by atoms with Gasteiger partial charge in [0.25, 0.3) is 0 Å². The normalized spacial score (nSPS) is 10.5. The molecule has 0 spiro atoms. The molecule has 0 aliphatic rings. The number of carbonyl (C=O) groups excluding carboxylic acids is 1. The summed E-state index contributed by atoms with van der Waals surface area (Å²) in [7, 11) is 0. The second-order valence-electron chi connectivity index (χ2n) is 2.95. The number of rotatable bonds is 5. The van der Waals surface area contributed by atoms with Gasteiger partial charge in [0.1, 0.15) is 0 Å². The van der Waals surface area contributed by atoms with Crippen LogP contribution in [0, 0.1) is 0 Å². The predicted octanol–water partition coefficient (Wildman–Crippen LogP) is 2.91. The highest BCUT2D eigenvalue weighted by Crippen LogP contribution is 2.22. The number of nitrogens with zero attached hydrogens (tertiary/aromatic N) is 1. The number of benzene rings is 1. The fraction of sp³-hybridized carbons (Fsp3) is 0.273. The standard InChI is InChI=1S/C11H11Cl2NO3/c1-2-16-11(15)7-17-14-6-8-9(12)4-3-5-10(8)13/h3-6H,2,7H2,1H3/b14-6+. The van der Waals surface area contributed by atoms with E-state index in [2.05, 4.69) is 9.89 Å². The highest BCUT2D eigenvalue weighted by Gasteiger charge is 2.03. The summed E-state index contributed by atoms with van der Waals surface area (Å²) in [6, 6.07) is 5.09. The molecule has 0 aliphatic heterocycles. The molecule has 4 nitrogen and oxygen atoms in total. The summed E-state index contributed by atoms with van der Waals surface area (Å²) in [6.45, 7) is 1.78. The molecule has 0 amide bonds. The average molecular weight is 276 g/mol. The van der Waals surface area contributed by atoms with Crippen LogP contribution in [-0.4, -0.2) is 25.4 Å². The molecular formula is C11H11Cl2NO3. The first kappa shape index (κ1) is 13.8. The van der Waals surface area contributed by atoms with Gasteiger partial charge in [0.15, 0.2) is 0 Å². The van der Waals surface area contributed by atoms with Crippen LogP contribution in [0.4, 0.5) is 0 Å². The number of ether oxygens (including phenoxy) is 1. The molecule has 1 aromatic carbocycles. The molecule has 92 valence electrons. The number of oxime groups is 1. The Morgan fingerprint density at radius 3 is 2.65 bits per heavy atom. The van der Waals surface area contributed by atoms with Crippen molar-refractivity contribution in [2.24, 2.45) is 5.16 Å². The van der Waals surface area contributed by atoms with E-state index >= 15 is 0 Å². The molecule has 0 heterocycles. The molecule has 0 radical (unpaired) electrons. The quantitative estimate of drug-likeness (QED) is 0.472. The van der Waals surface area contributed by atoms with Crippen LogP contribution < -0.4 is 0 Å². The summed E-state index contributed by atoms with van der Waals surface area (Å²) in [5.41, 5.74) is 0.541. The van der Waals surface area contributed by atoms with Crippen LogP contribution in [-0.2, 0) is 14.4 Å². The fourth-order valence-corrected chi connectivity index (χ4v) is 1.51. The Hall–Kier alpha value is -1.26. The third-order valence-electron chi connectivity index (χ3n) is 1.74. The number of hydrogen-bond acceptors (Lipinski definition) is 4. The van der Waals surface area contributed by atoms with Crippen molar-refractivity contribution < 1.29 is 14.4 Å². The van der Waals surface area contributed by atoms with E-state index in [-0.39, 0.29) is 6.61 Å².